The number of carbonyl (C=O) groups is 2. The summed E-state index contributed by atoms with van der Waals surface area (Å²) in [7, 11) is 1.26. The first kappa shape index (κ1) is 20.1. The molecule has 0 spiro atoms. The molecule has 0 unspecified atom stereocenters. The van der Waals surface area contributed by atoms with Gasteiger partial charge in [-0.05, 0) is 62.2 Å². The van der Waals surface area contributed by atoms with Crippen molar-refractivity contribution in [2.24, 2.45) is 0 Å². The second-order valence-corrected chi connectivity index (χ2v) is 6.59. The van der Waals surface area contributed by atoms with Gasteiger partial charge in [0.2, 0.25) is 0 Å². The zero-order valence-corrected chi connectivity index (χ0v) is 16.4. The predicted molar refractivity (Wildman–Crippen MR) is 102 cm³/mol. The Kier molecular flexibility index (Phi) is 6.51. The molecule has 1 amide bonds. The van der Waals surface area contributed by atoms with E-state index in [9.17, 15) is 9.59 Å². The van der Waals surface area contributed by atoms with Crippen LogP contribution < -0.4 is 10.1 Å². The maximum Gasteiger partial charge on any atom is 0.339 e. The number of ether oxygens (including phenoxy) is 2. The summed E-state index contributed by atoms with van der Waals surface area (Å²) in [5.74, 6) is -0.394. The Hall–Kier alpha value is -2.24. The van der Waals surface area contributed by atoms with E-state index in [1.54, 1.807) is 25.1 Å². The van der Waals surface area contributed by atoms with E-state index in [2.05, 4.69) is 10.1 Å². The zero-order valence-electron chi connectivity index (χ0n) is 14.9. The minimum absolute atomic E-state index is 0.171. The van der Waals surface area contributed by atoms with Gasteiger partial charge < -0.3 is 14.8 Å². The minimum atomic E-state index is -0.757. The van der Waals surface area contributed by atoms with Gasteiger partial charge in [-0.15, -0.1) is 0 Å². The van der Waals surface area contributed by atoms with E-state index in [-0.39, 0.29) is 16.5 Å². The molecule has 1 atom stereocenters. The fraction of sp³-hybridized carbons (Fsp3) is 0.263. The van der Waals surface area contributed by atoms with E-state index in [0.29, 0.717) is 16.5 Å². The summed E-state index contributed by atoms with van der Waals surface area (Å²) >= 11 is 12.1. The highest BCUT2D eigenvalue weighted by Gasteiger charge is 2.18. The van der Waals surface area contributed by atoms with Crippen LogP contribution in [0.1, 0.15) is 28.4 Å². The van der Waals surface area contributed by atoms with Crippen molar-refractivity contribution in [1.29, 1.82) is 0 Å². The summed E-state index contributed by atoms with van der Waals surface area (Å²) in [6.07, 6.45) is -0.757. The van der Waals surface area contributed by atoms with Crippen molar-refractivity contribution in [3.8, 4) is 5.75 Å². The van der Waals surface area contributed by atoms with Gasteiger partial charge in [-0.3, -0.25) is 4.79 Å². The molecule has 138 valence electrons. The highest BCUT2D eigenvalue weighted by Crippen LogP contribution is 2.27. The summed E-state index contributed by atoms with van der Waals surface area (Å²) in [5.41, 5.74) is 2.33. The molecule has 26 heavy (non-hydrogen) atoms. The van der Waals surface area contributed by atoms with Gasteiger partial charge in [-0.1, -0.05) is 23.2 Å². The third-order valence-electron chi connectivity index (χ3n) is 3.73. The molecule has 0 bridgehead atoms. The number of rotatable bonds is 5. The fourth-order valence-electron chi connectivity index (χ4n) is 2.35. The Bertz CT molecular complexity index is 828. The van der Waals surface area contributed by atoms with Crippen LogP contribution in [0, 0.1) is 13.8 Å². The molecule has 0 saturated carbocycles. The van der Waals surface area contributed by atoms with Crippen LogP contribution in [-0.2, 0) is 9.53 Å². The van der Waals surface area contributed by atoms with Crippen LogP contribution in [0.15, 0.2) is 30.3 Å². The number of hydrogen-bond donors (Lipinski definition) is 1. The van der Waals surface area contributed by atoms with Crippen LogP contribution in [0.4, 0.5) is 5.69 Å². The molecule has 2 aromatic carbocycles. The number of aryl methyl sites for hydroxylation is 2. The third-order valence-corrected chi connectivity index (χ3v) is 4.66. The quantitative estimate of drug-likeness (QED) is 0.738. The lowest BCUT2D eigenvalue weighted by Crippen LogP contribution is -2.30. The van der Waals surface area contributed by atoms with Gasteiger partial charge in [0.05, 0.1) is 17.7 Å². The summed E-state index contributed by atoms with van der Waals surface area (Å²) in [5, 5.41) is 3.61. The molecule has 0 aliphatic carbocycles. The van der Waals surface area contributed by atoms with Gasteiger partial charge >= 0.3 is 5.97 Å². The lowest BCUT2D eigenvalue weighted by atomic mass is 10.1. The molecule has 2 rings (SSSR count). The topological polar surface area (TPSA) is 64.6 Å². The first-order chi connectivity index (χ1) is 12.2. The van der Waals surface area contributed by atoms with Crippen LogP contribution >= 0.6 is 23.2 Å². The molecule has 0 fully saturated rings. The summed E-state index contributed by atoms with van der Waals surface area (Å²) in [4.78, 5) is 24.1. The second-order valence-electron chi connectivity index (χ2n) is 5.81. The van der Waals surface area contributed by atoms with Crippen LogP contribution in [-0.4, -0.2) is 25.1 Å². The van der Waals surface area contributed by atoms with E-state index in [4.69, 9.17) is 27.9 Å². The van der Waals surface area contributed by atoms with E-state index in [1.807, 2.05) is 13.8 Å². The van der Waals surface area contributed by atoms with Crippen molar-refractivity contribution in [2.45, 2.75) is 26.9 Å². The molecule has 7 heteroatoms. The van der Waals surface area contributed by atoms with Gasteiger partial charge in [0, 0.05) is 10.7 Å². The Labute approximate surface area is 162 Å². The maximum absolute atomic E-state index is 12.4. The second kappa shape index (κ2) is 8.43. The van der Waals surface area contributed by atoms with Crippen LogP contribution in [0.5, 0.6) is 5.75 Å². The molecular formula is C19H19Cl2NO4. The van der Waals surface area contributed by atoms with Gasteiger partial charge in [0.15, 0.2) is 6.10 Å². The van der Waals surface area contributed by atoms with Crippen molar-refractivity contribution < 1.29 is 19.1 Å². The first-order valence-corrected chi connectivity index (χ1v) is 8.60. The Morgan fingerprint density at radius 1 is 1.08 bits per heavy atom. The fourth-order valence-corrected chi connectivity index (χ4v) is 2.65. The Balaban J connectivity index is 2.11. The zero-order chi connectivity index (χ0) is 19.4. The van der Waals surface area contributed by atoms with Crippen molar-refractivity contribution in [1.82, 2.24) is 0 Å². The molecule has 0 aliphatic heterocycles. The first-order valence-electron chi connectivity index (χ1n) is 7.85. The monoisotopic (exact) mass is 395 g/mol. The maximum atomic E-state index is 12.4. The lowest BCUT2D eigenvalue weighted by molar-refractivity contribution is -0.122. The summed E-state index contributed by atoms with van der Waals surface area (Å²) < 4.78 is 10.4. The average Bonchev–Trinajstić information content (AvgIpc) is 2.60. The number of methoxy groups -OCH3 is 1. The molecule has 5 nitrogen and oxygen atoms in total. The Morgan fingerprint density at radius 3 is 2.27 bits per heavy atom. The van der Waals surface area contributed by atoms with Gasteiger partial charge in [-0.2, -0.15) is 0 Å². The van der Waals surface area contributed by atoms with Crippen molar-refractivity contribution in [2.75, 3.05) is 12.4 Å². The van der Waals surface area contributed by atoms with E-state index in [0.717, 1.165) is 11.1 Å². The van der Waals surface area contributed by atoms with Crippen LogP contribution in [0.25, 0.3) is 0 Å². The highest BCUT2D eigenvalue weighted by molar-refractivity contribution is 6.33. The molecule has 0 saturated heterocycles. The summed E-state index contributed by atoms with van der Waals surface area (Å²) in [6.45, 7) is 5.37. The third kappa shape index (κ3) is 4.68. The Morgan fingerprint density at radius 2 is 1.69 bits per heavy atom. The molecule has 0 heterocycles. The molecule has 2 aromatic rings. The number of anilines is 1. The lowest BCUT2D eigenvalue weighted by Gasteiger charge is -2.16. The number of carbonyl (C=O) groups excluding carboxylic acids is 2. The van der Waals surface area contributed by atoms with Gasteiger partial charge in [-0.25, -0.2) is 4.79 Å². The summed E-state index contributed by atoms with van der Waals surface area (Å²) in [6, 6.07) is 8.11. The van der Waals surface area contributed by atoms with E-state index >= 15 is 0 Å². The number of amides is 1. The van der Waals surface area contributed by atoms with Gasteiger partial charge in [0.1, 0.15) is 5.75 Å². The smallest absolute Gasteiger partial charge is 0.339 e. The highest BCUT2D eigenvalue weighted by atomic mass is 35.5. The molecular weight excluding hydrogens is 377 g/mol. The van der Waals surface area contributed by atoms with E-state index < -0.39 is 12.1 Å². The molecule has 0 aliphatic rings. The molecule has 0 aromatic heterocycles. The van der Waals surface area contributed by atoms with Crippen molar-refractivity contribution in [3.63, 3.8) is 0 Å². The SMILES string of the molecule is COC(=O)c1cc(NC(=O)[C@H](C)Oc2cc(C)c(Cl)c(C)c2)ccc1Cl. The number of nitrogens with one attached hydrogen (secondary N) is 1. The molecule has 0 radical (unpaired) electrons. The average molecular weight is 396 g/mol. The standard InChI is InChI=1S/C19H19Cl2NO4/c1-10-7-14(8-11(2)17(10)21)26-12(3)18(23)22-13-5-6-16(20)15(9-13)19(24)25-4/h5-9,12H,1-4H3,(H,22,23)/t12-/m0/s1. The van der Waals surface area contributed by atoms with Gasteiger partial charge in [0.25, 0.3) is 5.91 Å². The van der Waals surface area contributed by atoms with Crippen LogP contribution in [0.3, 0.4) is 0 Å². The minimum Gasteiger partial charge on any atom is -0.481 e. The number of halogens is 2. The number of hydrogen-bond acceptors (Lipinski definition) is 4. The van der Waals surface area contributed by atoms with Crippen molar-refractivity contribution >= 4 is 40.8 Å². The number of benzene rings is 2. The normalized spacial score (nSPS) is 11.6. The van der Waals surface area contributed by atoms with Crippen molar-refractivity contribution in [3.05, 3.63) is 57.1 Å². The van der Waals surface area contributed by atoms with E-state index in [1.165, 1.54) is 19.2 Å². The number of esters is 1. The molecule has 1 N–H and O–H groups in total. The largest absolute Gasteiger partial charge is 0.481 e. The van der Waals surface area contributed by atoms with Crippen LogP contribution in [0.2, 0.25) is 10.0 Å². The predicted octanol–water partition coefficient (Wildman–Crippen LogP) is 4.80.